The van der Waals surface area contributed by atoms with Crippen molar-refractivity contribution in [2.45, 2.75) is 6.92 Å². The molecule has 0 aliphatic rings. The minimum absolute atomic E-state index is 0.649. The smallest absolute Gasteiger partial charge is 0.151 e. The second-order valence-electron chi connectivity index (χ2n) is 3.09. The van der Waals surface area contributed by atoms with Crippen molar-refractivity contribution in [3.8, 4) is 0 Å². The van der Waals surface area contributed by atoms with E-state index in [1.165, 1.54) is 0 Å². The van der Waals surface area contributed by atoms with E-state index in [4.69, 9.17) is 0 Å². The lowest BCUT2D eigenvalue weighted by Crippen LogP contribution is -1.91. The number of carbonyl (C=O) groups is 1. The molecule has 0 spiro atoms. The molecule has 2 aromatic rings. The summed E-state index contributed by atoms with van der Waals surface area (Å²) < 4.78 is 0.954. The Morgan fingerprint density at radius 2 is 2.21 bits per heavy atom. The molecule has 0 amide bonds. The number of halogens is 1. The molecule has 0 saturated carbocycles. The highest BCUT2D eigenvalue weighted by Crippen LogP contribution is 2.25. The zero-order valence-corrected chi connectivity index (χ0v) is 9.21. The van der Waals surface area contributed by atoms with E-state index in [0.717, 1.165) is 27.2 Å². The van der Waals surface area contributed by atoms with E-state index in [2.05, 4.69) is 20.9 Å². The van der Waals surface area contributed by atoms with Crippen LogP contribution < -0.4 is 0 Å². The third-order valence-electron chi connectivity index (χ3n) is 2.28. The minimum atomic E-state index is 0.649. The van der Waals surface area contributed by atoms with Crippen molar-refractivity contribution in [1.82, 2.24) is 4.98 Å². The molecule has 0 aliphatic heterocycles. The Kier molecular flexibility index (Phi) is 2.33. The second-order valence-corrected chi connectivity index (χ2v) is 3.95. The molecule has 0 atom stereocenters. The average Bonchev–Trinajstić information content (AvgIpc) is 2.20. The zero-order valence-electron chi connectivity index (χ0n) is 7.62. The lowest BCUT2D eigenvalue weighted by atomic mass is 10.1. The first-order chi connectivity index (χ1) is 6.74. The monoisotopic (exact) mass is 249 g/mol. The normalized spacial score (nSPS) is 10.4. The van der Waals surface area contributed by atoms with Crippen molar-refractivity contribution >= 4 is 33.1 Å². The van der Waals surface area contributed by atoms with E-state index in [9.17, 15) is 4.79 Å². The molecule has 1 aromatic heterocycles. The maximum Gasteiger partial charge on any atom is 0.151 e. The molecule has 1 aromatic carbocycles. The van der Waals surface area contributed by atoms with Gasteiger partial charge in [0, 0.05) is 21.6 Å². The maximum absolute atomic E-state index is 10.7. The standard InChI is InChI=1S/C11H8BrNO/c1-7-8(6-14)5-13-11-9(7)3-2-4-10(11)12/h2-6H,1H3. The van der Waals surface area contributed by atoms with Crippen molar-refractivity contribution in [3.05, 3.63) is 40.0 Å². The Hall–Kier alpha value is -1.22. The van der Waals surface area contributed by atoms with Gasteiger partial charge in [-0.1, -0.05) is 12.1 Å². The highest BCUT2D eigenvalue weighted by atomic mass is 79.9. The van der Waals surface area contributed by atoms with Gasteiger partial charge < -0.3 is 0 Å². The number of aldehydes is 1. The quantitative estimate of drug-likeness (QED) is 0.728. The lowest BCUT2D eigenvalue weighted by Gasteiger charge is -2.04. The van der Waals surface area contributed by atoms with E-state index >= 15 is 0 Å². The van der Waals surface area contributed by atoms with Crippen LogP contribution in [0.5, 0.6) is 0 Å². The van der Waals surface area contributed by atoms with Crippen LogP contribution in [0.1, 0.15) is 15.9 Å². The van der Waals surface area contributed by atoms with Gasteiger partial charge in [0.25, 0.3) is 0 Å². The SMILES string of the molecule is Cc1c(C=O)cnc2c(Br)cccc12. The number of aryl methyl sites for hydroxylation is 1. The van der Waals surface area contributed by atoms with Crippen LogP contribution >= 0.6 is 15.9 Å². The number of fused-ring (bicyclic) bond motifs is 1. The van der Waals surface area contributed by atoms with E-state index in [0.29, 0.717) is 5.56 Å². The third-order valence-corrected chi connectivity index (χ3v) is 2.92. The third kappa shape index (κ3) is 1.34. The molecule has 0 N–H and O–H groups in total. The van der Waals surface area contributed by atoms with Gasteiger partial charge in [-0.25, -0.2) is 0 Å². The molecule has 0 aliphatic carbocycles. The lowest BCUT2D eigenvalue weighted by molar-refractivity contribution is 0.112. The Morgan fingerprint density at radius 3 is 2.93 bits per heavy atom. The van der Waals surface area contributed by atoms with Gasteiger partial charge in [0.05, 0.1) is 5.52 Å². The average molecular weight is 250 g/mol. The van der Waals surface area contributed by atoms with Gasteiger partial charge in [-0.15, -0.1) is 0 Å². The second kappa shape index (κ2) is 3.50. The van der Waals surface area contributed by atoms with Gasteiger partial charge in [-0.05, 0) is 34.5 Å². The first kappa shape index (κ1) is 9.34. The topological polar surface area (TPSA) is 30.0 Å². The molecule has 2 rings (SSSR count). The highest BCUT2D eigenvalue weighted by molar-refractivity contribution is 9.10. The largest absolute Gasteiger partial charge is 0.298 e. The Morgan fingerprint density at radius 1 is 1.43 bits per heavy atom. The summed E-state index contributed by atoms with van der Waals surface area (Å²) in [5, 5.41) is 1.02. The Labute approximate surface area is 90.1 Å². The summed E-state index contributed by atoms with van der Waals surface area (Å²) in [6, 6.07) is 5.85. The van der Waals surface area contributed by atoms with E-state index in [1.54, 1.807) is 6.20 Å². The van der Waals surface area contributed by atoms with Crippen molar-refractivity contribution in [2.75, 3.05) is 0 Å². The molecule has 3 heteroatoms. The van der Waals surface area contributed by atoms with Crippen molar-refractivity contribution in [3.63, 3.8) is 0 Å². The fourth-order valence-corrected chi connectivity index (χ4v) is 1.92. The van der Waals surface area contributed by atoms with Crippen LogP contribution in [-0.4, -0.2) is 11.3 Å². The van der Waals surface area contributed by atoms with Gasteiger partial charge in [0.2, 0.25) is 0 Å². The zero-order chi connectivity index (χ0) is 10.1. The maximum atomic E-state index is 10.7. The van der Waals surface area contributed by atoms with Crippen molar-refractivity contribution in [1.29, 1.82) is 0 Å². The first-order valence-corrected chi connectivity index (χ1v) is 5.02. The van der Waals surface area contributed by atoms with Gasteiger partial charge in [0.1, 0.15) is 0 Å². The summed E-state index contributed by atoms with van der Waals surface area (Å²) in [6.07, 6.45) is 2.44. The molecule has 70 valence electrons. The number of pyridine rings is 1. The predicted molar refractivity (Wildman–Crippen MR) is 59.6 cm³/mol. The van der Waals surface area contributed by atoms with Gasteiger partial charge >= 0.3 is 0 Å². The van der Waals surface area contributed by atoms with E-state index in [-0.39, 0.29) is 0 Å². The van der Waals surface area contributed by atoms with Crippen LogP contribution in [0.2, 0.25) is 0 Å². The van der Waals surface area contributed by atoms with Crippen molar-refractivity contribution in [2.24, 2.45) is 0 Å². The number of aromatic nitrogens is 1. The van der Waals surface area contributed by atoms with Gasteiger partial charge in [-0.2, -0.15) is 0 Å². The van der Waals surface area contributed by atoms with Crippen LogP contribution in [0.4, 0.5) is 0 Å². The van der Waals surface area contributed by atoms with E-state index in [1.807, 2.05) is 25.1 Å². The molecule has 0 radical (unpaired) electrons. The molecule has 14 heavy (non-hydrogen) atoms. The van der Waals surface area contributed by atoms with Crippen LogP contribution in [0.25, 0.3) is 10.9 Å². The number of benzene rings is 1. The molecule has 0 fully saturated rings. The number of rotatable bonds is 1. The summed E-state index contributed by atoms with van der Waals surface area (Å²) in [5.41, 5.74) is 2.53. The molecule has 0 unspecified atom stereocenters. The highest BCUT2D eigenvalue weighted by Gasteiger charge is 2.05. The Bertz CT molecular complexity index is 508. The number of hydrogen-bond donors (Lipinski definition) is 0. The molecular formula is C11H8BrNO. The molecule has 2 nitrogen and oxygen atoms in total. The fourth-order valence-electron chi connectivity index (χ4n) is 1.45. The molecule has 0 bridgehead atoms. The summed E-state index contributed by atoms with van der Waals surface area (Å²) in [4.78, 5) is 14.9. The van der Waals surface area contributed by atoms with Crippen LogP contribution in [-0.2, 0) is 0 Å². The van der Waals surface area contributed by atoms with Gasteiger partial charge in [0.15, 0.2) is 6.29 Å². The summed E-state index contributed by atoms with van der Waals surface area (Å²) in [7, 11) is 0. The van der Waals surface area contributed by atoms with Crippen molar-refractivity contribution < 1.29 is 4.79 Å². The fraction of sp³-hybridized carbons (Fsp3) is 0.0909. The molecule has 1 heterocycles. The van der Waals surface area contributed by atoms with Crippen LogP contribution in [0.3, 0.4) is 0 Å². The summed E-state index contributed by atoms with van der Waals surface area (Å²) in [5.74, 6) is 0. The first-order valence-electron chi connectivity index (χ1n) is 4.23. The van der Waals surface area contributed by atoms with Crippen LogP contribution in [0.15, 0.2) is 28.9 Å². The summed E-state index contributed by atoms with van der Waals surface area (Å²) in [6.45, 7) is 1.93. The number of carbonyl (C=O) groups excluding carboxylic acids is 1. The summed E-state index contributed by atoms with van der Waals surface area (Å²) >= 11 is 3.43. The number of para-hydroxylation sites is 1. The Balaban J connectivity index is 2.90. The molecular weight excluding hydrogens is 242 g/mol. The van der Waals surface area contributed by atoms with Crippen LogP contribution in [0, 0.1) is 6.92 Å². The van der Waals surface area contributed by atoms with Gasteiger partial charge in [-0.3, -0.25) is 9.78 Å². The predicted octanol–water partition coefficient (Wildman–Crippen LogP) is 3.12. The molecule has 0 saturated heterocycles. The minimum Gasteiger partial charge on any atom is -0.298 e. The number of nitrogens with zero attached hydrogens (tertiary/aromatic N) is 1. The van der Waals surface area contributed by atoms with E-state index < -0.39 is 0 Å². The number of hydrogen-bond acceptors (Lipinski definition) is 2.